The number of carboxylic acid groups (broad SMARTS) is 1. The topological polar surface area (TPSA) is 49.3 Å². The summed E-state index contributed by atoms with van der Waals surface area (Å²) in [6, 6.07) is 12.9. The normalized spacial score (nSPS) is 13.6. The van der Waals surface area contributed by atoms with Gasteiger partial charge in [0.1, 0.15) is 5.82 Å². The summed E-state index contributed by atoms with van der Waals surface area (Å²) in [4.78, 5) is 11.6. The van der Waals surface area contributed by atoms with Crippen molar-refractivity contribution in [2.75, 3.05) is 5.32 Å². The standard InChI is InChI=1S/C16H16FNO2/c1-11-4-3-5-14(10-11)18-16(2,15(19)20)12-6-8-13(17)9-7-12/h3-10,18H,1-2H3,(H,19,20). The van der Waals surface area contributed by atoms with Crippen LogP contribution in [0.4, 0.5) is 10.1 Å². The second-order valence-corrected chi connectivity index (χ2v) is 4.93. The first-order chi connectivity index (χ1) is 9.41. The summed E-state index contributed by atoms with van der Waals surface area (Å²) in [6.45, 7) is 3.49. The predicted octanol–water partition coefficient (Wildman–Crippen LogP) is 3.55. The lowest BCUT2D eigenvalue weighted by Gasteiger charge is -2.28. The molecule has 3 nitrogen and oxygen atoms in total. The zero-order chi connectivity index (χ0) is 14.8. The Morgan fingerprint density at radius 1 is 1.20 bits per heavy atom. The number of carbonyl (C=O) groups is 1. The lowest BCUT2D eigenvalue weighted by Crippen LogP contribution is -2.40. The van der Waals surface area contributed by atoms with Gasteiger partial charge in [-0.05, 0) is 49.2 Å². The molecule has 0 saturated heterocycles. The Hall–Kier alpha value is -2.36. The first-order valence-corrected chi connectivity index (χ1v) is 6.26. The molecule has 0 aliphatic rings. The molecule has 0 aliphatic heterocycles. The van der Waals surface area contributed by atoms with Crippen LogP contribution >= 0.6 is 0 Å². The van der Waals surface area contributed by atoms with Gasteiger partial charge in [-0.15, -0.1) is 0 Å². The second kappa shape index (κ2) is 5.33. The van der Waals surface area contributed by atoms with Crippen LogP contribution in [-0.4, -0.2) is 11.1 Å². The molecule has 0 spiro atoms. The van der Waals surface area contributed by atoms with E-state index in [1.54, 1.807) is 13.0 Å². The Balaban J connectivity index is 2.39. The molecule has 0 aliphatic carbocycles. The minimum atomic E-state index is -1.32. The van der Waals surface area contributed by atoms with Crippen LogP contribution in [0.25, 0.3) is 0 Å². The molecule has 2 N–H and O–H groups in total. The monoisotopic (exact) mass is 273 g/mol. The third-order valence-corrected chi connectivity index (χ3v) is 3.26. The number of rotatable bonds is 4. The fourth-order valence-electron chi connectivity index (χ4n) is 2.04. The largest absolute Gasteiger partial charge is 0.479 e. The average molecular weight is 273 g/mol. The molecular weight excluding hydrogens is 257 g/mol. The number of carboxylic acids is 1. The summed E-state index contributed by atoms with van der Waals surface area (Å²) in [5.41, 5.74) is 0.913. The van der Waals surface area contributed by atoms with Crippen molar-refractivity contribution >= 4 is 11.7 Å². The van der Waals surface area contributed by atoms with Gasteiger partial charge in [-0.3, -0.25) is 0 Å². The van der Waals surface area contributed by atoms with Crippen LogP contribution in [0.1, 0.15) is 18.1 Å². The van der Waals surface area contributed by atoms with Crippen LogP contribution in [0.3, 0.4) is 0 Å². The summed E-state index contributed by atoms with van der Waals surface area (Å²) in [6.07, 6.45) is 0. The molecule has 0 heterocycles. The molecule has 0 amide bonds. The smallest absolute Gasteiger partial charge is 0.333 e. The quantitative estimate of drug-likeness (QED) is 0.895. The summed E-state index contributed by atoms with van der Waals surface area (Å²) >= 11 is 0. The van der Waals surface area contributed by atoms with Crippen molar-refractivity contribution in [1.29, 1.82) is 0 Å². The van der Waals surface area contributed by atoms with E-state index < -0.39 is 17.3 Å². The Labute approximate surface area is 117 Å². The predicted molar refractivity (Wildman–Crippen MR) is 76.2 cm³/mol. The minimum absolute atomic E-state index is 0.392. The molecule has 0 saturated carbocycles. The Kier molecular flexibility index (Phi) is 3.74. The van der Waals surface area contributed by atoms with E-state index in [1.165, 1.54) is 24.3 Å². The highest BCUT2D eigenvalue weighted by Gasteiger charge is 2.35. The molecule has 0 radical (unpaired) electrons. The number of nitrogens with one attached hydrogen (secondary N) is 1. The summed E-state index contributed by atoms with van der Waals surface area (Å²) in [7, 11) is 0. The van der Waals surface area contributed by atoms with Gasteiger partial charge >= 0.3 is 5.97 Å². The fraction of sp³-hybridized carbons (Fsp3) is 0.188. The molecule has 2 aromatic rings. The maximum atomic E-state index is 13.0. The number of hydrogen-bond donors (Lipinski definition) is 2. The van der Waals surface area contributed by atoms with Crippen molar-refractivity contribution in [2.45, 2.75) is 19.4 Å². The molecule has 104 valence electrons. The Morgan fingerprint density at radius 3 is 2.40 bits per heavy atom. The third kappa shape index (κ3) is 2.79. The van der Waals surface area contributed by atoms with Gasteiger partial charge in [0.15, 0.2) is 5.54 Å². The average Bonchev–Trinajstić information content (AvgIpc) is 2.39. The highest BCUT2D eigenvalue weighted by Crippen LogP contribution is 2.27. The van der Waals surface area contributed by atoms with Gasteiger partial charge < -0.3 is 10.4 Å². The lowest BCUT2D eigenvalue weighted by molar-refractivity contribution is -0.142. The van der Waals surface area contributed by atoms with Crippen molar-refractivity contribution in [2.24, 2.45) is 0 Å². The van der Waals surface area contributed by atoms with Crippen molar-refractivity contribution in [3.05, 3.63) is 65.5 Å². The molecule has 1 atom stereocenters. The number of anilines is 1. The molecule has 2 rings (SSSR count). The SMILES string of the molecule is Cc1cccc(NC(C)(C(=O)O)c2ccc(F)cc2)c1. The lowest BCUT2D eigenvalue weighted by atomic mass is 9.91. The van der Waals surface area contributed by atoms with E-state index in [4.69, 9.17) is 0 Å². The van der Waals surface area contributed by atoms with Crippen LogP contribution < -0.4 is 5.32 Å². The number of aliphatic carboxylic acids is 1. The maximum absolute atomic E-state index is 13.0. The van der Waals surface area contributed by atoms with Gasteiger partial charge in [-0.1, -0.05) is 24.3 Å². The van der Waals surface area contributed by atoms with E-state index in [2.05, 4.69) is 5.32 Å². The second-order valence-electron chi connectivity index (χ2n) is 4.93. The Bertz CT molecular complexity index is 625. The number of aryl methyl sites for hydroxylation is 1. The first-order valence-electron chi connectivity index (χ1n) is 6.26. The summed E-state index contributed by atoms with van der Waals surface area (Å²) in [5, 5.41) is 12.5. The maximum Gasteiger partial charge on any atom is 0.333 e. The zero-order valence-electron chi connectivity index (χ0n) is 11.4. The van der Waals surface area contributed by atoms with Crippen LogP contribution in [0.15, 0.2) is 48.5 Å². The van der Waals surface area contributed by atoms with Crippen LogP contribution in [0.2, 0.25) is 0 Å². The van der Waals surface area contributed by atoms with E-state index in [0.717, 1.165) is 5.56 Å². The van der Waals surface area contributed by atoms with E-state index in [1.807, 2.05) is 25.1 Å². The summed E-state index contributed by atoms with van der Waals surface area (Å²) < 4.78 is 13.0. The van der Waals surface area contributed by atoms with Crippen LogP contribution in [0.5, 0.6) is 0 Å². The number of benzene rings is 2. The highest BCUT2D eigenvalue weighted by molar-refractivity contribution is 5.84. The minimum Gasteiger partial charge on any atom is -0.479 e. The molecule has 0 aromatic heterocycles. The molecule has 2 aromatic carbocycles. The molecule has 1 unspecified atom stereocenters. The van der Waals surface area contributed by atoms with E-state index in [-0.39, 0.29) is 0 Å². The van der Waals surface area contributed by atoms with Crippen molar-refractivity contribution in [3.8, 4) is 0 Å². The zero-order valence-corrected chi connectivity index (χ0v) is 11.4. The number of halogens is 1. The molecular formula is C16H16FNO2. The molecule has 0 fully saturated rings. The molecule has 4 heteroatoms. The van der Waals surface area contributed by atoms with Crippen LogP contribution in [-0.2, 0) is 10.3 Å². The van der Waals surface area contributed by atoms with Gasteiger partial charge in [-0.25, -0.2) is 9.18 Å². The Morgan fingerprint density at radius 2 is 1.85 bits per heavy atom. The van der Waals surface area contributed by atoms with E-state index in [9.17, 15) is 14.3 Å². The van der Waals surface area contributed by atoms with Gasteiger partial charge in [0.25, 0.3) is 0 Å². The first kappa shape index (κ1) is 14.1. The molecule has 0 bridgehead atoms. The summed E-state index contributed by atoms with van der Waals surface area (Å²) in [5.74, 6) is -1.41. The highest BCUT2D eigenvalue weighted by atomic mass is 19.1. The van der Waals surface area contributed by atoms with Gasteiger partial charge in [0, 0.05) is 5.69 Å². The van der Waals surface area contributed by atoms with Crippen LogP contribution in [0, 0.1) is 12.7 Å². The van der Waals surface area contributed by atoms with Gasteiger partial charge in [-0.2, -0.15) is 0 Å². The number of hydrogen-bond acceptors (Lipinski definition) is 2. The van der Waals surface area contributed by atoms with E-state index in [0.29, 0.717) is 11.3 Å². The van der Waals surface area contributed by atoms with Gasteiger partial charge in [0.2, 0.25) is 0 Å². The van der Waals surface area contributed by atoms with E-state index >= 15 is 0 Å². The van der Waals surface area contributed by atoms with Crippen molar-refractivity contribution < 1.29 is 14.3 Å². The molecule has 20 heavy (non-hydrogen) atoms. The third-order valence-electron chi connectivity index (χ3n) is 3.26. The van der Waals surface area contributed by atoms with Gasteiger partial charge in [0.05, 0.1) is 0 Å². The van der Waals surface area contributed by atoms with Crippen molar-refractivity contribution in [1.82, 2.24) is 0 Å². The van der Waals surface area contributed by atoms with Crippen molar-refractivity contribution in [3.63, 3.8) is 0 Å². The fourth-order valence-corrected chi connectivity index (χ4v) is 2.04.